The zero-order valence-electron chi connectivity index (χ0n) is 21.5. The molecule has 5 rings (SSSR count). The van der Waals surface area contributed by atoms with Crippen molar-refractivity contribution in [1.82, 2.24) is 0 Å². The van der Waals surface area contributed by atoms with Gasteiger partial charge < -0.3 is 45.5 Å². The van der Waals surface area contributed by atoms with Gasteiger partial charge in [0, 0.05) is 36.0 Å². The Bertz CT molecular complexity index is 1290. The number of aromatic hydroxyl groups is 1. The zero-order valence-corrected chi connectivity index (χ0v) is 23.2. The predicted octanol–water partition coefficient (Wildman–Crippen LogP) is 1.65. The van der Waals surface area contributed by atoms with E-state index in [1.165, 1.54) is 40.8 Å². The monoisotopic (exact) mass is 579 g/mol. The molecule has 0 saturated carbocycles. The lowest BCUT2D eigenvalue weighted by Crippen LogP contribution is -2.67. The molecule has 7 N–H and O–H groups in total. The molecule has 0 aromatic heterocycles. The summed E-state index contributed by atoms with van der Waals surface area (Å²) < 4.78 is 17.5. The lowest BCUT2D eigenvalue weighted by Gasteiger charge is -2.49. The number of ether oxygens (including phenoxy) is 3. The van der Waals surface area contributed by atoms with E-state index in [9.17, 15) is 30.3 Å². The number of hydrogen-bond donors (Lipinski definition) is 6. The highest BCUT2D eigenvalue weighted by molar-refractivity contribution is 8.76. The quantitative estimate of drug-likeness (QED) is 0.213. The fraction of sp³-hybridized carbons (Fsp3) is 0.519. The summed E-state index contributed by atoms with van der Waals surface area (Å²) >= 11 is 0. The van der Waals surface area contributed by atoms with Crippen molar-refractivity contribution in [2.45, 2.75) is 62.1 Å². The normalized spacial score (nSPS) is 35.5. The van der Waals surface area contributed by atoms with Gasteiger partial charge in [0.05, 0.1) is 18.1 Å². The van der Waals surface area contributed by atoms with Crippen LogP contribution in [0.25, 0.3) is 10.8 Å². The molecule has 2 aromatic rings. The van der Waals surface area contributed by atoms with E-state index >= 15 is 0 Å². The van der Waals surface area contributed by atoms with Gasteiger partial charge in [0.2, 0.25) is 6.29 Å². The maximum absolute atomic E-state index is 13.2. The minimum Gasteiger partial charge on any atom is -0.506 e. The van der Waals surface area contributed by atoms with Crippen LogP contribution < -0.4 is 15.2 Å². The van der Waals surface area contributed by atoms with Crippen LogP contribution in [0.4, 0.5) is 0 Å². The number of methoxy groups -OCH3 is 1. The van der Waals surface area contributed by atoms with Gasteiger partial charge in [-0.05, 0) is 30.4 Å². The van der Waals surface area contributed by atoms with Crippen LogP contribution in [0.5, 0.6) is 17.2 Å². The second-order valence-electron chi connectivity index (χ2n) is 10.3. The Labute approximate surface area is 233 Å². The van der Waals surface area contributed by atoms with E-state index in [1.807, 2.05) is 0 Å². The van der Waals surface area contributed by atoms with Gasteiger partial charge in [-0.2, -0.15) is 0 Å². The largest absolute Gasteiger partial charge is 0.506 e. The van der Waals surface area contributed by atoms with Crippen molar-refractivity contribution in [1.29, 1.82) is 0 Å². The number of phenols is 1. The Morgan fingerprint density at radius 3 is 2.64 bits per heavy atom. The molecule has 10 nitrogen and oxygen atoms in total. The third kappa shape index (κ3) is 5.13. The van der Waals surface area contributed by atoms with E-state index < -0.39 is 42.2 Å². The molecular formula is C27H33NO9S2. The summed E-state index contributed by atoms with van der Waals surface area (Å²) in [5.74, 6) is 0.315. The number of fused-ring (bicyclic) bond motifs is 5. The van der Waals surface area contributed by atoms with Gasteiger partial charge in [0.25, 0.3) is 0 Å². The molecule has 0 spiro atoms. The van der Waals surface area contributed by atoms with Crippen LogP contribution in [0.1, 0.15) is 28.8 Å². The number of rotatable bonds is 1. The first-order chi connectivity index (χ1) is 18.5. The van der Waals surface area contributed by atoms with E-state index in [0.717, 1.165) is 0 Å². The molecule has 39 heavy (non-hydrogen) atoms. The molecule has 2 aliphatic heterocycles. The molecule has 4 bridgehead atoms. The second-order valence-corrected chi connectivity index (χ2v) is 12.9. The van der Waals surface area contributed by atoms with Crippen LogP contribution in [-0.4, -0.2) is 92.3 Å². The van der Waals surface area contributed by atoms with E-state index in [2.05, 4.69) is 0 Å². The van der Waals surface area contributed by atoms with Crippen molar-refractivity contribution in [2.75, 3.05) is 18.6 Å². The molecule has 212 valence electrons. The summed E-state index contributed by atoms with van der Waals surface area (Å²) in [6, 6.07) is 4.57. The zero-order chi connectivity index (χ0) is 28.1. The number of aliphatic hydroxyl groups is 4. The lowest BCUT2D eigenvalue weighted by molar-refractivity contribution is -0.304. The Morgan fingerprint density at radius 2 is 1.90 bits per heavy atom. The number of benzene rings is 2. The van der Waals surface area contributed by atoms with Gasteiger partial charge >= 0.3 is 0 Å². The fourth-order valence-electron chi connectivity index (χ4n) is 5.60. The van der Waals surface area contributed by atoms with Crippen molar-refractivity contribution < 1.29 is 44.5 Å². The number of carbonyl (C=O) groups excluding carboxylic acids is 1. The van der Waals surface area contributed by atoms with Crippen LogP contribution in [0.2, 0.25) is 0 Å². The van der Waals surface area contributed by atoms with Gasteiger partial charge in [0.1, 0.15) is 47.3 Å². The minimum atomic E-state index is -1.73. The van der Waals surface area contributed by atoms with E-state index in [1.54, 1.807) is 25.1 Å². The van der Waals surface area contributed by atoms with Crippen LogP contribution in [-0.2, 0) is 4.74 Å². The molecule has 2 heterocycles. The molecule has 12 heteroatoms. The van der Waals surface area contributed by atoms with Gasteiger partial charge in [-0.1, -0.05) is 39.8 Å². The number of Topliss-reactive ketones (excluding diaryl/α,β-unsaturated/α-hetero) is 1. The van der Waals surface area contributed by atoms with Crippen LogP contribution in [0.3, 0.4) is 0 Å². The highest BCUT2D eigenvalue weighted by atomic mass is 33.1. The summed E-state index contributed by atoms with van der Waals surface area (Å²) in [5.41, 5.74) is 5.18. The average molecular weight is 580 g/mol. The number of hydrogen-bond acceptors (Lipinski definition) is 12. The predicted molar refractivity (Wildman–Crippen MR) is 148 cm³/mol. The van der Waals surface area contributed by atoms with Crippen molar-refractivity contribution in [3.05, 3.63) is 41.5 Å². The Morgan fingerprint density at radius 1 is 1.13 bits per heavy atom. The van der Waals surface area contributed by atoms with Gasteiger partial charge in [-0.15, -0.1) is 0 Å². The van der Waals surface area contributed by atoms with E-state index in [0.29, 0.717) is 34.6 Å². The fourth-order valence-corrected chi connectivity index (χ4v) is 8.03. The highest BCUT2D eigenvalue weighted by Gasteiger charge is 2.56. The SMILES string of the molecule is COc1cc2c3c(O)c(c(C)cc3c1)C(=O)CCSSCC1CC(N)C=CC1(O)C1OC(O2)C(O)C(O)C1O. The first-order valence-corrected chi connectivity index (χ1v) is 15.2. The number of aryl methyl sites for hydroxylation is 1. The third-order valence-corrected chi connectivity index (χ3v) is 10.2. The van der Waals surface area contributed by atoms with Crippen LogP contribution in [0, 0.1) is 12.8 Å². The molecule has 1 saturated heterocycles. The number of phenolic OH excluding ortho intramolecular Hbond substituents is 1. The third-order valence-electron chi connectivity index (χ3n) is 7.72. The Balaban J connectivity index is 1.66. The van der Waals surface area contributed by atoms with Crippen molar-refractivity contribution in [2.24, 2.45) is 11.7 Å². The van der Waals surface area contributed by atoms with Crippen LogP contribution in [0.15, 0.2) is 30.4 Å². The van der Waals surface area contributed by atoms with E-state index in [4.69, 9.17) is 19.9 Å². The molecule has 1 aliphatic carbocycles. The molecule has 8 unspecified atom stereocenters. The minimum absolute atomic E-state index is 0.0315. The highest BCUT2D eigenvalue weighted by Crippen LogP contribution is 2.45. The number of aliphatic hydroxyl groups excluding tert-OH is 3. The molecule has 0 radical (unpaired) electrons. The second kappa shape index (κ2) is 11.1. The van der Waals surface area contributed by atoms with Gasteiger partial charge in [-0.3, -0.25) is 4.79 Å². The number of carbonyl (C=O) groups is 1. The topological polar surface area (TPSA) is 172 Å². The molecule has 0 amide bonds. The summed E-state index contributed by atoms with van der Waals surface area (Å²) in [7, 11) is 4.37. The summed E-state index contributed by atoms with van der Waals surface area (Å²) in [5, 5.41) is 56.5. The van der Waals surface area contributed by atoms with E-state index in [-0.39, 0.29) is 40.7 Å². The maximum Gasteiger partial charge on any atom is 0.229 e. The first-order valence-electron chi connectivity index (χ1n) is 12.7. The first kappa shape index (κ1) is 28.5. The molecule has 8 atom stereocenters. The van der Waals surface area contributed by atoms with Crippen molar-refractivity contribution >= 4 is 38.1 Å². The van der Waals surface area contributed by atoms with Crippen LogP contribution >= 0.6 is 21.6 Å². The van der Waals surface area contributed by atoms with Crippen molar-refractivity contribution in [3.8, 4) is 17.2 Å². The summed E-state index contributed by atoms with van der Waals surface area (Å²) in [6.45, 7) is 1.74. The molecule has 2 aromatic carbocycles. The average Bonchev–Trinajstić information content (AvgIpc) is 2.89. The maximum atomic E-state index is 13.2. The molecule has 1 fully saturated rings. The number of nitrogens with two attached hydrogens (primary N) is 1. The lowest BCUT2D eigenvalue weighted by atomic mass is 9.72. The van der Waals surface area contributed by atoms with Crippen molar-refractivity contribution in [3.63, 3.8) is 0 Å². The van der Waals surface area contributed by atoms with Gasteiger partial charge in [-0.25, -0.2) is 0 Å². The summed E-state index contributed by atoms with van der Waals surface area (Å²) in [4.78, 5) is 13.2. The smallest absolute Gasteiger partial charge is 0.229 e. The number of ketones is 1. The molecule has 3 aliphatic rings. The van der Waals surface area contributed by atoms with Gasteiger partial charge in [0.15, 0.2) is 5.78 Å². The Kier molecular flexibility index (Phi) is 8.11. The molecular weight excluding hydrogens is 546 g/mol. The Hall–Kier alpha value is -2.03. The standard InChI is InChI=1S/C27H33NO9S2/c1-12-7-13-8-16(35-2)10-18-20(13)21(30)19(12)17(29)4-6-38-39-11-14-9-15(28)3-5-27(14,34)25-23(32)22(31)24(33)26(36-18)37-25/h3,5,7-8,10,14-15,22-26,30-34H,4,6,9,11,28H2,1-2H3. The summed E-state index contributed by atoms with van der Waals surface area (Å²) in [6.07, 6.45) is -4.27.